The molecule has 0 bridgehead atoms. The van der Waals surface area contributed by atoms with Gasteiger partial charge in [-0.15, -0.1) is 10.2 Å². The summed E-state index contributed by atoms with van der Waals surface area (Å²) in [5.74, 6) is 0.666. The van der Waals surface area contributed by atoms with Crippen molar-refractivity contribution >= 4 is 23.5 Å². The van der Waals surface area contributed by atoms with E-state index in [0.717, 1.165) is 22.6 Å². The van der Waals surface area contributed by atoms with E-state index in [9.17, 15) is 8.78 Å². The van der Waals surface area contributed by atoms with Crippen molar-refractivity contribution in [2.75, 3.05) is 14.2 Å². The lowest BCUT2D eigenvalue weighted by molar-refractivity contribution is 0.251. The maximum absolute atomic E-state index is 12.8. The number of hydrogen-bond donors (Lipinski definition) is 0. The molecule has 2 aromatic carbocycles. The molecule has 2 heterocycles. The van der Waals surface area contributed by atoms with Crippen molar-refractivity contribution in [3.8, 4) is 22.9 Å². The number of nitrogens with zero attached hydrogens (tertiary/aromatic N) is 3. The fraction of sp³-hybridized carbons (Fsp3) is 0.217. The van der Waals surface area contributed by atoms with Crippen LogP contribution in [0, 0.1) is 0 Å². The summed E-state index contributed by atoms with van der Waals surface area (Å²) in [5.41, 5.74) is 1.79. The Morgan fingerprint density at radius 3 is 2.64 bits per heavy atom. The highest BCUT2D eigenvalue weighted by Gasteiger charge is 2.17. The van der Waals surface area contributed by atoms with Crippen LogP contribution in [0.5, 0.6) is 11.5 Å². The summed E-state index contributed by atoms with van der Waals surface area (Å²) < 4.78 is 43.7. The number of aromatic nitrogens is 3. The van der Waals surface area contributed by atoms with Crippen LogP contribution < -0.4 is 9.47 Å². The van der Waals surface area contributed by atoms with E-state index in [1.165, 1.54) is 18.9 Å². The molecule has 6 nitrogen and oxygen atoms in total. The van der Waals surface area contributed by atoms with Crippen molar-refractivity contribution < 1.29 is 22.7 Å². The molecule has 0 aliphatic carbocycles. The SMILES string of the molecule is COc1cccc(-c2nnc(SCc3ccc(SC(F)F)c(OC)c3)n2Cc2ccco2)c1. The van der Waals surface area contributed by atoms with Gasteiger partial charge in [-0.25, -0.2) is 0 Å². The number of alkyl halides is 2. The van der Waals surface area contributed by atoms with Gasteiger partial charge in [-0.05, 0) is 42.0 Å². The second-order valence-corrected chi connectivity index (χ2v) is 8.83. The Labute approximate surface area is 198 Å². The minimum absolute atomic E-state index is 0.405. The van der Waals surface area contributed by atoms with E-state index >= 15 is 0 Å². The van der Waals surface area contributed by atoms with E-state index in [-0.39, 0.29) is 0 Å². The first-order valence-corrected chi connectivity index (χ1v) is 11.8. The highest BCUT2D eigenvalue weighted by atomic mass is 32.2. The zero-order valence-corrected chi connectivity index (χ0v) is 19.5. The largest absolute Gasteiger partial charge is 0.497 e. The Bertz CT molecular complexity index is 1200. The summed E-state index contributed by atoms with van der Waals surface area (Å²) in [5, 5.41) is 9.52. The molecule has 0 radical (unpaired) electrons. The maximum Gasteiger partial charge on any atom is 0.289 e. The van der Waals surface area contributed by atoms with Crippen LogP contribution in [-0.4, -0.2) is 34.7 Å². The molecule has 0 amide bonds. The second kappa shape index (κ2) is 10.8. The number of methoxy groups -OCH3 is 2. The summed E-state index contributed by atoms with van der Waals surface area (Å²) in [4.78, 5) is 0.405. The van der Waals surface area contributed by atoms with Gasteiger partial charge in [0.2, 0.25) is 0 Å². The maximum atomic E-state index is 12.8. The number of benzene rings is 2. The smallest absolute Gasteiger partial charge is 0.289 e. The molecule has 0 saturated heterocycles. The first kappa shape index (κ1) is 23.2. The van der Waals surface area contributed by atoms with Crippen molar-refractivity contribution in [1.82, 2.24) is 14.8 Å². The van der Waals surface area contributed by atoms with Crippen LogP contribution in [0.25, 0.3) is 11.4 Å². The third-order valence-corrected chi connectivity index (χ3v) is 6.56. The molecular weight excluding hydrogens is 468 g/mol. The number of hydrogen-bond acceptors (Lipinski definition) is 7. The van der Waals surface area contributed by atoms with Crippen LogP contribution in [0.3, 0.4) is 0 Å². The quantitative estimate of drug-likeness (QED) is 0.245. The molecule has 0 saturated carbocycles. The summed E-state index contributed by atoms with van der Waals surface area (Å²) in [7, 11) is 3.09. The van der Waals surface area contributed by atoms with Gasteiger partial charge in [0.05, 0.1) is 31.9 Å². The van der Waals surface area contributed by atoms with Gasteiger partial charge in [0.25, 0.3) is 5.76 Å². The summed E-state index contributed by atoms with van der Waals surface area (Å²) >= 11 is 1.96. The Morgan fingerprint density at radius 2 is 1.91 bits per heavy atom. The minimum Gasteiger partial charge on any atom is -0.497 e. The molecule has 2 aromatic heterocycles. The van der Waals surface area contributed by atoms with Gasteiger partial charge >= 0.3 is 0 Å². The highest BCUT2D eigenvalue weighted by Crippen LogP contribution is 2.36. The fourth-order valence-electron chi connectivity index (χ4n) is 3.22. The third kappa shape index (κ3) is 5.69. The van der Waals surface area contributed by atoms with Gasteiger partial charge in [0.1, 0.15) is 17.3 Å². The Balaban J connectivity index is 1.60. The van der Waals surface area contributed by atoms with Crippen molar-refractivity contribution in [2.45, 2.75) is 28.1 Å². The van der Waals surface area contributed by atoms with Crippen LogP contribution >= 0.6 is 23.5 Å². The van der Waals surface area contributed by atoms with Crippen LogP contribution in [0.4, 0.5) is 8.78 Å². The molecule has 0 N–H and O–H groups in total. The molecule has 0 spiro atoms. The zero-order valence-electron chi connectivity index (χ0n) is 17.9. The standard InChI is InChI=1S/C23H21F2N3O3S2/c1-29-17-6-3-5-16(12-17)21-26-27-23(28(21)13-18-7-4-10-31-18)32-14-15-8-9-20(33-22(24)25)19(11-15)30-2/h3-12,22H,13-14H2,1-2H3. The lowest BCUT2D eigenvalue weighted by Crippen LogP contribution is -2.03. The molecule has 4 aromatic rings. The molecule has 0 atom stereocenters. The highest BCUT2D eigenvalue weighted by molar-refractivity contribution is 7.99. The van der Waals surface area contributed by atoms with Crippen molar-refractivity contribution in [1.29, 1.82) is 0 Å². The molecular formula is C23H21F2N3O3S2. The number of rotatable bonds is 10. The second-order valence-electron chi connectivity index (χ2n) is 6.86. The minimum atomic E-state index is -2.51. The molecule has 33 heavy (non-hydrogen) atoms. The zero-order chi connectivity index (χ0) is 23.2. The van der Waals surface area contributed by atoms with E-state index in [2.05, 4.69) is 10.2 Å². The lowest BCUT2D eigenvalue weighted by Gasteiger charge is -2.11. The van der Waals surface area contributed by atoms with Gasteiger partial charge in [-0.1, -0.05) is 41.7 Å². The number of thioether (sulfide) groups is 2. The predicted molar refractivity (Wildman–Crippen MR) is 124 cm³/mol. The van der Waals surface area contributed by atoms with Crippen molar-refractivity contribution in [3.63, 3.8) is 0 Å². The van der Waals surface area contributed by atoms with Crippen molar-refractivity contribution in [2.24, 2.45) is 0 Å². The Kier molecular flexibility index (Phi) is 7.56. The van der Waals surface area contributed by atoms with E-state index < -0.39 is 5.76 Å². The fourth-order valence-corrected chi connectivity index (χ4v) is 4.69. The van der Waals surface area contributed by atoms with Crippen LogP contribution in [0.15, 0.2) is 75.3 Å². The van der Waals surface area contributed by atoms with Crippen LogP contribution in [-0.2, 0) is 12.3 Å². The van der Waals surface area contributed by atoms with Gasteiger partial charge in [-0.2, -0.15) is 8.78 Å². The Morgan fingerprint density at radius 1 is 1.03 bits per heavy atom. The first-order valence-electron chi connectivity index (χ1n) is 9.92. The molecule has 0 unspecified atom stereocenters. The third-order valence-electron chi connectivity index (χ3n) is 4.75. The summed E-state index contributed by atoms with van der Waals surface area (Å²) in [6.45, 7) is 0.460. The topological polar surface area (TPSA) is 62.3 Å². The number of halogens is 2. The molecule has 0 fully saturated rings. The average molecular weight is 490 g/mol. The summed E-state index contributed by atoms with van der Waals surface area (Å²) in [6, 6.07) is 16.6. The van der Waals surface area contributed by atoms with Crippen LogP contribution in [0.2, 0.25) is 0 Å². The van der Waals surface area contributed by atoms with E-state index in [0.29, 0.717) is 45.7 Å². The van der Waals surface area contributed by atoms with Gasteiger partial charge in [-0.3, -0.25) is 4.57 Å². The van der Waals surface area contributed by atoms with Gasteiger partial charge in [0.15, 0.2) is 11.0 Å². The average Bonchev–Trinajstić information content (AvgIpc) is 3.48. The molecule has 4 rings (SSSR count). The van der Waals surface area contributed by atoms with Gasteiger partial charge in [0, 0.05) is 11.3 Å². The molecule has 172 valence electrons. The van der Waals surface area contributed by atoms with Crippen LogP contribution in [0.1, 0.15) is 11.3 Å². The first-order chi connectivity index (χ1) is 16.1. The van der Waals surface area contributed by atoms with E-state index in [1.807, 2.05) is 47.0 Å². The normalized spacial score (nSPS) is 11.2. The van der Waals surface area contributed by atoms with E-state index in [1.54, 1.807) is 25.5 Å². The molecule has 10 heteroatoms. The monoisotopic (exact) mass is 489 g/mol. The van der Waals surface area contributed by atoms with E-state index in [4.69, 9.17) is 13.9 Å². The number of furan rings is 1. The summed E-state index contributed by atoms with van der Waals surface area (Å²) in [6.07, 6.45) is 1.63. The predicted octanol–water partition coefficient (Wildman–Crippen LogP) is 6.21. The lowest BCUT2D eigenvalue weighted by atomic mass is 10.2. The van der Waals surface area contributed by atoms with Crippen molar-refractivity contribution in [3.05, 3.63) is 72.2 Å². The van der Waals surface area contributed by atoms with Gasteiger partial charge < -0.3 is 13.9 Å². The molecule has 0 aliphatic rings. The molecule has 0 aliphatic heterocycles. The Hall–Kier alpha value is -2.98. The number of ether oxygens (including phenoxy) is 2.